The first-order valence-electron chi connectivity index (χ1n) is 10.7. The van der Waals surface area contributed by atoms with E-state index in [1.807, 2.05) is 36.5 Å². The third kappa shape index (κ3) is 2.61. The number of hydrogen-bond donors (Lipinski definition) is 0. The molecule has 0 radical (unpaired) electrons. The van der Waals surface area contributed by atoms with Crippen LogP contribution in [-0.4, -0.2) is 55.7 Å². The zero-order valence-electron chi connectivity index (χ0n) is 17.8. The van der Waals surface area contributed by atoms with Gasteiger partial charge in [0.1, 0.15) is 0 Å². The summed E-state index contributed by atoms with van der Waals surface area (Å²) in [7, 11) is 3.10. The summed E-state index contributed by atoms with van der Waals surface area (Å²) in [4.78, 5) is 29.4. The van der Waals surface area contributed by atoms with Gasteiger partial charge in [0.25, 0.3) is 0 Å². The molecule has 7 heteroatoms. The van der Waals surface area contributed by atoms with E-state index in [0.29, 0.717) is 23.7 Å². The number of methoxy groups -OCH3 is 2. The van der Waals surface area contributed by atoms with Gasteiger partial charge in [0.2, 0.25) is 6.29 Å². The first-order chi connectivity index (χ1) is 15.6. The van der Waals surface area contributed by atoms with Crippen molar-refractivity contribution in [3.8, 4) is 11.5 Å². The van der Waals surface area contributed by atoms with Gasteiger partial charge in [-0.05, 0) is 35.4 Å². The van der Waals surface area contributed by atoms with Crippen LogP contribution in [0.25, 0.3) is 6.08 Å². The number of ketones is 2. The van der Waals surface area contributed by atoms with E-state index in [1.165, 1.54) is 0 Å². The van der Waals surface area contributed by atoms with Gasteiger partial charge in [-0.2, -0.15) is 0 Å². The van der Waals surface area contributed by atoms with Crippen LogP contribution in [0.1, 0.15) is 27.5 Å². The van der Waals surface area contributed by atoms with Crippen molar-refractivity contribution < 1.29 is 28.5 Å². The second kappa shape index (κ2) is 7.18. The van der Waals surface area contributed by atoms with Gasteiger partial charge in [0, 0.05) is 17.7 Å². The normalized spacial score (nSPS) is 31.7. The van der Waals surface area contributed by atoms with Crippen molar-refractivity contribution >= 4 is 17.6 Å². The monoisotopic (exact) mass is 433 g/mol. The fourth-order valence-electron chi connectivity index (χ4n) is 5.78. The Morgan fingerprint density at radius 3 is 2.72 bits per heavy atom. The zero-order valence-corrected chi connectivity index (χ0v) is 17.8. The second-order valence-corrected chi connectivity index (χ2v) is 8.56. The molecule has 7 nitrogen and oxygen atoms in total. The minimum Gasteiger partial charge on any atom is -0.493 e. The van der Waals surface area contributed by atoms with E-state index in [0.717, 1.165) is 11.1 Å². The minimum absolute atomic E-state index is 0.0748. The smallest absolute Gasteiger partial charge is 0.218 e. The molecule has 4 heterocycles. The summed E-state index contributed by atoms with van der Waals surface area (Å²) >= 11 is 0. The molecule has 3 saturated heterocycles. The molecule has 0 saturated carbocycles. The topological polar surface area (TPSA) is 74.3 Å². The van der Waals surface area contributed by atoms with Crippen molar-refractivity contribution in [2.45, 2.75) is 24.5 Å². The first-order valence-corrected chi connectivity index (χ1v) is 10.7. The lowest BCUT2D eigenvalue weighted by Crippen LogP contribution is -2.48. The van der Waals surface area contributed by atoms with Crippen LogP contribution in [0.4, 0.5) is 0 Å². The molecule has 6 atom stereocenters. The standard InChI is InChI=1S/C25H23NO6/c1-29-16-8-7-14(11-17(16)30-2)23(27)22-19-18-12-31-25(32-18)24(28)20(19)21-15-6-4-3-5-13(15)9-10-26(21)22/h3-11,18-22,25H,12H2,1-2H3/t18-,19+,20-,21+,22?,25-/m1/s1. The molecule has 0 aromatic heterocycles. The number of rotatable bonds is 4. The molecule has 2 aromatic rings. The van der Waals surface area contributed by atoms with Gasteiger partial charge in [-0.25, -0.2) is 0 Å². The molecule has 164 valence electrons. The lowest BCUT2D eigenvalue weighted by atomic mass is 9.75. The molecule has 3 fully saturated rings. The summed E-state index contributed by atoms with van der Waals surface area (Å²) in [6, 6.07) is 12.4. The van der Waals surface area contributed by atoms with Gasteiger partial charge in [0.15, 0.2) is 23.1 Å². The van der Waals surface area contributed by atoms with Crippen molar-refractivity contribution in [1.82, 2.24) is 4.90 Å². The highest BCUT2D eigenvalue weighted by atomic mass is 16.7. The minimum atomic E-state index is -0.837. The number of carbonyl (C=O) groups is 2. The summed E-state index contributed by atoms with van der Waals surface area (Å²) < 4.78 is 22.3. The molecule has 1 unspecified atom stereocenters. The van der Waals surface area contributed by atoms with Crippen LogP contribution >= 0.6 is 0 Å². The Morgan fingerprint density at radius 2 is 1.91 bits per heavy atom. The van der Waals surface area contributed by atoms with Crippen LogP contribution in [0, 0.1) is 11.8 Å². The summed E-state index contributed by atoms with van der Waals surface area (Å²) in [5.74, 6) is 0.218. The Bertz CT molecular complexity index is 1140. The molecule has 0 aliphatic carbocycles. The molecular weight excluding hydrogens is 410 g/mol. The average molecular weight is 433 g/mol. The third-order valence-electron chi connectivity index (χ3n) is 7.14. The molecule has 6 rings (SSSR count). The van der Waals surface area contributed by atoms with Gasteiger partial charge in [-0.3, -0.25) is 9.59 Å². The van der Waals surface area contributed by atoms with Crippen LogP contribution < -0.4 is 9.47 Å². The van der Waals surface area contributed by atoms with Crippen molar-refractivity contribution in [3.63, 3.8) is 0 Å². The van der Waals surface area contributed by atoms with Crippen molar-refractivity contribution in [3.05, 3.63) is 65.4 Å². The van der Waals surface area contributed by atoms with E-state index in [9.17, 15) is 9.59 Å². The van der Waals surface area contributed by atoms with Crippen molar-refractivity contribution in [2.75, 3.05) is 20.8 Å². The molecule has 0 amide bonds. The number of nitrogens with zero attached hydrogens (tertiary/aromatic N) is 1. The largest absolute Gasteiger partial charge is 0.493 e. The van der Waals surface area contributed by atoms with Crippen molar-refractivity contribution in [2.24, 2.45) is 11.8 Å². The fourth-order valence-corrected chi connectivity index (χ4v) is 5.78. The lowest BCUT2D eigenvalue weighted by molar-refractivity contribution is -0.164. The SMILES string of the molecule is COc1ccc(C(=O)C2[C@@H]3[C@@H](C(=O)[C@@H]4OC[C@H]3O4)[C@@H]3c4ccccc4C=CN23)cc1OC. The lowest BCUT2D eigenvalue weighted by Gasteiger charge is -2.34. The van der Waals surface area contributed by atoms with E-state index in [4.69, 9.17) is 18.9 Å². The molecule has 2 bridgehead atoms. The second-order valence-electron chi connectivity index (χ2n) is 8.56. The fraction of sp³-hybridized carbons (Fsp3) is 0.360. The Morgan fingerprint density at radius 1 is 1.09 bits per heavy atom. The van der Waals surface area contributed by atoms with E-state index in [-0.39, 0.29) is 35.5 Å². The Balaban J connectivity index is 1.47. The van der Waals surface area contributed by atoms with Gasteiger partial charge in [-0.1, -0.05) is 24.3 Å². The predicted octanol–water partition coefficient (Wildman–Crippen LogP) is 2.85. The number of Topliss-reactive ketones (excluding diaryl/α,β-unsaturated/α-hetero) is 2. The molecule has 4 aliphatic heterocycles. The van der Waals surface area contributed by atoms with Crippen molar-refractivity contribution in [1.29, 1.82) is 0 Å². The summed E-state index contributed by atoms with van der Waals surface area (Å²) in [5.41, 5.74) is 2.63. The van der Waals surface area contributed by atoms with E-state index >= 15 is 0 Å². The quantitative estimate of drug-likeness (QED) is 0.687. The van der Waals surface area contributed by atoms with E-state index in [2.05, 4.69) is 4.90 Å². The summed E-state index contributed by atoms with van der Waals surface area (Å²) in [6.07, 6.45) is 2.83. The van der Waals surface area contributed by atoms with Gasteiger partial charge < -0.3 is 23.8 Å². The first kappa shape index (κ1) is 19.5. The van der Waals surface area contributed by atoms with Gasteiger partial charge in [-0.15, -0.1) is 0 Å². The highest BCUT2D eigenvalue weighted by Crippen LogP contribution is 2.54. The molecule has 32 heavy (non-hydrogen) atoms. The maximum absolute atomic E-state index is 13.9. The zero-order chi connectivity index (χ0) is 22.0. The van der Waals surface area contributed by atoms with Crippen LogP contribution in [0.5, 0.6) is 11.5 Å². The Kier molecular flexibility index (Phi) is 4.38. The maximum atomic E-state index is 13.9. The number of hydrogen-bond acceptors (Lipinski definition) is 7. The number of fused-ring (bicyclic) bond motifs is 8. The van der Waals surface area contributed by atoms with Crippen LogP contribution in [0.15, 0.2) is 48.7 Å². The highest BCUT2D eigenvalue weighted by Gasteiger charge is 2.63. The highest BCUT2D eigenvalue weighted by molar-refractivity contribution is 6.02. The van der Waals surface area contributed by atoms with Gasteiger partial charge in [0.05, 0.1) is 44.9 Å². The van der Waals surface area contributed by atoms with Gasteiger partial charge >= 0.3 is 0 Å². The predicted molar refractivity (Wildman–Crippen MR) is 114 cm³/mol. The Labute approximate surface area is 185 Å². The third-order valence-corrected chi connectivity index (χ3v) is 7.14. The molecule has 4 aliphatic rings. The molecule has 2 aromatic carbocycles. The summed E-state index contributed by atoms with van der Waals surface area (Å²) in [5, 5.41) is 0. The number of benzene rings is 2. The average Bonchev–Trinajstić information content (AvgIpc) is 3.43. The molecule has 0 spiro atoms. The maximum Gasteiger partial charge on any atom is 0.218 e. The molecular formula is C25H23NO6. The molecule has 0 N–H and O–H groups in total. The van der Waals surface area contributed by atoms with Crippen LogP contribution in [-0.2, 0) is 14.3 Å². The Hall–Kier alpha value is -3.16. The van der Waals surface area contributed by atoms with Crippen LogP contribution in [0.2, 0.25) is 0 Å². The van der Waals surface area contributed by atoms with E-state index < -0.39 is 12.3 Å². The number of ether oxygens (including phenoxy) is 4. The number of carbonyl (C=O) groups excluding carboxylic acids is 2. The summed E-state index contributed by atoms with van der Waals surface area (Å²) in [6.45, 7) is 0.319. The van der Waals surface area contributed by atoms with Crippen LogP contribution in [0.3, 0.4) is 0 Å². The van der Waals surface area contributed by atoms with E-state index in [1.54, 1.807) is 32.4 Å².